The third-order valence-corrected chi connectivity index (χ3v) is 4.19. The molecule has 2 aromatic rings. The van der Waals surface area contributed by atoms with E-state index >= 15 is 0 Å². The second-order valence-corrected chi connectivity index (χ2v) is 5.86. The number of para-hydroxylation sites is 1. The number of carbonyl (C=O) groups is 1. The first kappa shape index (κ1) is 19.8. The summed E-state index contributed by atoms with van der Waals surface area (Å²) in [6, 6.07) is 17.8. The maximum Gasteiger partial charge on any atom is 1.00 e. The first-order valence-corrected chi connectivity index (χ1v) is 8.21. The zero-order valence-electron chi connectivity index (χ0n) is 14.6. The fraction of sp³-hybridized carbons (Fsp3) is 0.316. The molecule has 0 bridgehead atoms. The summed E-state index contributed by atoms with van der Waals surface area (Å²) in [5.74, 6) is 0.663. The minimum atomic E-state index is -0.980. The van der Waals surface area contributed by atoms with Crippen LogP contribution in [0.1, 0.15) is 6.42 Å². The van der Waals surface area contributed by atoms with E-state index in [2.05, 4.69) is 21.9 Å². The van der Waals surface area contributed by atoms with Gasteiger partial charge in [-0.05, 0) is 42.8 Å². The van der Waals surface area contributed by atoms with Crippen LogP contribution in [0.25, 0.3) is 0 Å². The van der Waals surface area contributed by atoms with Gasteiger partial charge in [-0.25, -0.2) is 0 Å². The maximum absolute atomic E-state index is 10.5. The average Bonchev–Trinajstić information content (AvgIpc) is 2.62. The van der Waals surface area contributed by atoms with Crippen molar-refractivity contribution in [3.63, 3.8) is 0 Å². The molecule has 0 aromatic heterocycles. The minimum Gasteiger partial charge on any atom is -0.550 e. The van der Waals surface area contributed by atoms with Crippen LogP contribution in [0, 0.1) is 0 Å². The van der Waals surface area contributed by atoms with Crippen LogP contribution >= 0.6 is 0 Å². The van der Waals surface area contributed by atoms with Gasteiger partial charge in [-0.3, -0.25) is 4.90 Å². The number of aliphatic carboxylic acids is 1. The molecule has 0 unspecified atom stereocenters. The van der Waals surface area contributed by atoms with Crippen LogP contribution in [-0.4, -0.2) is 43.6 Å². The number of hydrogen-bond donors (Lipinski definition) is 0. The van der Waals surface area contributed by atoms with Gasteiger partial charge in [-0.1, -0.05) is 18.2 Å². The van der Waals surface area contributed by atoms with Crippen molar-refractivity contribution in [2.75, 3.05) is 37.6 Å². The van der Waals surface area contributed by atoms with Crippen molar-refractivity contribution in [3.8, 4) is 11.5 Å². The molecule has 2 aromatic carbocycles. The Morgan fingerprint density at radius 1 is 0.920 bits per heavy atom. The molecule has 0 radical (unpaired) electrons. The van der Waals surface area contributed by atoms with Gasteiger partial charge < -0.3 is 19.5 Å². The predicted molar refractivity (Wildman–Crippen MR) is 91.2 cm³/mol. The predicted octanol–water partition coefficient (Wildman–Crippen LogP) is -1.26. The fourth-order valence-corrected chi connectivity index (χ4v) is 2.83. The Kier molecular flexibility index (Phi) is 7.78. The molecule has 0 saturated carbocycles. The first-order valence-electron chi connectivity index (χ1n) is 8.21. The molecule has 1 heterocycles. The maximum atomic E-state index is 10.5. The third-order valence-electron chi connectivity index (χ3n) is 4.19. The molecule has 6 heteroatoms. The van der Waals surface area contributed by atoms with Gasteiger partial charge in [0.1, 0.15) is 11.5 Å². The summed E-state index contributed by atoms with van der Waals surface area (Å²) >= 11 is 0. The van der Waals surface area contributed by atoms with Crippen LogP contribution in [-0.2, 0) is 4.79 Å². The van der Waals surface area contributed by atoms with Crippen molar-refractivity contribution in [2.24, 2.45) is 0 Å². The Balaban J connectivity index is 0.00000225. The molecule has 25 heavy (non-hydrogen) atoms. The van der Waals surface area contributed by atoms with Gasteiger partial charge in [0.25, 0.3) is 0 Å². The Morgan fingerprint density at radius 3 is 2.12 bits per heavy atom. The first-order chi connectivity index (χ1) is 11.7. The smallest absolute Gasteiger partial charge is 0.550 e. The van der Waals surface area contributed by atoms with Gasteiger partial charge in [-0.15, -0.1) is 0 Å². The van der Waals surface area contributed by atoms with E-state index in [1.54, 1.807) is 0 Å². The van der Waals surface area contributed by atoms with Crippen molar-refractivity contribution in [3.05, 3.63) is 54.6 Å². The molecule has 1 saturated heterocycles. The van der Waals surface area contributed by atoms with Crippen molar-refractivity contribution >= 4 is 11.7 Å². The summed E-state index contributed by atoms with van der Waals surface area (Å²) in [5.41, 5.74) is 1.16. The summed E-state index contributed by atoms with van der Waals surface area (Å²) in [6.07, 6.45) is 0.103. The molecule has 1 fully saturated rings. The number of rotatable bonds is 6. The Labute approximate surface area is 170 Å². The molecule has 0 aliphatic carbocycles. The monoisotopic (exact) mass is 348 g/mol. The van der Waals surface area contributed by atoms with E-state index in [0.717, 1.165) is 43.4 Å². The molecule has 3 rings (SSSR count). The van der Waals surface area contributed by atoms with E-state index in [9.17, 15) is 9.90 Å². The molecule has 0 amide bonds. The summed E-state index contributed by atoms with van der Waals surface area (Å²) < 4.78 is 5.80. The van der Waals surface area contributed by atoms with E-state index in [-0.39, 0.29) is 36.0 Å². The molecule has 0 spiro atoms. The standard InChI is InChI=1S/C19H22N2O3.Na/c22-19(23)10-11-20-12-14-21(15-13-20)16-6-8-18(9-7-16)24-17-4-2-1-3-5-17;/h1-9H,10-15H2,(H,22,23);/q;+1/p-1. The van der Waals surface area contributed by atoms with Gasteiger partial charge in [-0.2, -0.15) is 0 Å². The van der Waals surface area contributed by atoms with E-state index < -0.39 is 5.97 Å². The average molecular weight is 348 g/mol. The third kappa shape index (κ3) is 6.04. The van der Waals surface area contributed by atoms with E-state index in [1.165, 1.54) is 0 Å². The van der Waals surface area contributed by atoms with Crippen LogP contribution in [0.4, 0.5) is 5.69 Å². The number of piperazine rings is 1. The largest absolute Gasteiger partial charge is 1.00 e. The number of anilines is 1. The van der Waals surface area contributed by atoms with E-state index in [1.807, 2.05) is 42.5 Å². The minimum absolute atomic E-state index is 0. The summed E-state index contributed by atoms with van der Waals surface area (Å²) in [6.45, 7) is 4.10. The number of ether oxygens (including phenoxy) is 1. The number of nitrogens with zero attached hydrogens (tertiary/aromatic N) is 2. The molecule has 1 aliphatic heterocycles. The normalized spacial score (nSPS) is 14.6. The van der Waals surface area contributed by atoms with Crippen LogP contribution in [0.2, 0.25) is 0 Å². The molecule has 0 atom stereocenters. The van der Waals surface area contributed by atoms with Gasteiger partial charge in [0.2, 0.25) is 0 Å². The van der Waals surface area contributed by atoms with Crippen molar-refractivity contribution in [1.29, 1.82) is 0 Å². The zero-order chi connectivity index (χ0) is 16.8. The van der Waals surface area contributed by atoms with Crippen LogP contribution in [0.15, 0.2) is 54.6 Å². The van der Waals surface area contributed by atoms with Gasteiger partial charge in [0, 0.05) is 44.4 Å². The number of carboxylic acids is 1. The van der Waals surface area contributed by atoms with Gasteiger partial charge in [0.15, 0.2) is 0 Å². The van der Waals surface area contributed by atoms with Crippen LogP contribution in [0.5, 0.6) is 11.5 Å². The van der Waals surface area contributed by atoms with Gasteiger partial charge in [0.05, 0.1) is 0 Å². The van der Waals surface area contributed by atoms with Gasteiger partial charge >= 0.3 is 29.6 Å². The van der Waals surface area contributed by atoms with Crippen molar-refractivity contribution in [1.82, 2.24) is 4.90 Å². The fourth-order valence-electron chi connectivity index (χ4n) is 2.83. The Hall–Kier alpha value is -1.53. The number of hydrogen-bond acceptors (Lipinski definition) is 5. The number of carbonyl (C=O) groups excluding carboxylic acids is 1. The number of benzene rings is 2. The second-order valence-electron chi connectivity index (χ2n) is 5.86. The second kappa shape index (κ2) is 9.82. The van der Waals surface area contributed by atoms with Crippen molar-refractivity contribution in [2.45, 2.75) is 6.42 Å². The quantitative estimate of drug-likeness (QED) is 0.611. The van der Waals surface area contributed by atoms with Crippen molar-refractivity contribution < 1.29 is 44.2 Å². The zero-order valence-corrected chi connectivity index (χ0v) is 16.6. The SMILES string of the molecule is O=C([O-])CCN1CCN(c2ccc(Oc3ccccc3)cc2)CC1.[Na+]. The topological polar surface area (TPSA) is 55.8 Å². The van der Waals surface area contributed by atoms with Crippen LogP contribution in [0.3, 0.4) is 0 Å². The number of carboxylic acid groups (broad SMARTS) is 1. The van der Waals surface area contributed by atoms with Crippen LogP contribution < -0.4 is 44.3 Å². The molecule has 0 N–H and O–H groups in total. The van der Waals surface area contributed by atoms with E-state index in [4.69, 9.17) is 4.74 Å². The Morgan fingerprint density at radius 2 is 1.52 bits per heavy atom. The molecule has 126 valence electrons. The molecular formula is C19H21N2NaO3. The summed E-state index contributed by atoms with van der Waals surface area (Å²) in [4.78, 5) is 15.0. The summed E-state index contributed by atoms with van der Waals surface area (Å²) in [7, 11) is 0. The molecular weight excluding hydrogens is 327 g/mol. The molecule has 1 aliphatic rings. The van der Waals surface area contributed by atoms with E-state index in [0.29, 0.717) is 6.54 Å². The summed E-state index contributed by atoms with van der Waals surface area (Å²) in [5, 5.41) is 10.5. The Bertz CT molecular complexity index is 656. The molecule has 5 nitrogen and oxygen atoms in total.